The van der Waals surface area contributed by atoms with Gasteiger partial charge in [-0.3, -0.25) is 9.69 Å². The highest BCUT2D eigenvalue weighted by Crippen LogP contribution is 2.42. The molecule has 0 saturated heterocycles. The van der Waals surface area contributed by atoms with E-state index in [4.69, 9.17) is 4.74 Å². The van der Waals surface area contributed by atoms with Gasteiger partial charge in [-0.1, -0.05) is 24.2 Å². The highest BCUT2D eigenvalue weighted by Gasteiger charge is 2.29. The number of carbonyl (C=O) groups is 1. The molecule has 2 saturated carbocycles. The van der Waals surface area contributed by atoms with E-state index in [-0.39, 0.29) is 0 Å². The number of Topliss-reactive ketones (excluding diaryl/α,β-unsaturated/α-hetero) is 1. The minimum absolute atomic E-state index is 0.366. The first-order chi connectivity index (χ1) is 16.8. The third-order valence-electron chi connectivity index (χ3n) is 7.44. The lowest BCUT2D eigenvalue weighted by molar-refractivity contribution is -0.119. The van der Waals surface area contributed by atoms with Gasteiger partial charge >= 0.3 is 0 Å². The average molecular weight is 524 g/mol. The number of fused-ring (bicyclic) bond motifs is 1. The average Bonchev–Trinajstić information content (AvgIpc) is 3.42. The monoisotopic (exact) mass is 523 g/mol. The maximum absolute atomic E-state index is 13.1. The van der Waals surface area contributed by atoms with E-state index in [0.29, 0.717) is 29.2 Å². The second kappa shape index (κ2) is 10.9. The van der Waals surface area contributed by atoms with E-state index < -0.39 is 12.5 Å². The van der Waals surface area contributed by atoms with Gasteiger partial charge in [0.15, 0.2) is 6.61 Å². The third kappa shape index (κ3) is 7.29. The fraction of sp³-hybridized carbons (Fsp3) is 0.731. The van der Waals surface area contributed by atoms with Gasteiger partial charge in [-0.2, -0.15) is 0 Å². The molecular formula is C26H35F2N3O2S2. The van der Waals surface area contributed by atoms with Gasteiger partial charge in [-0.15, -0.1) is 11.3 Å². The molecule has 2 aliphatic carbocycles. The van der Waals surface area contributed by atoms with Crippen molar-refractivity contribution in [3.8, 4) is 5.19 Å². The standard InChI is InChI=1S/C26H35F2N3O2S2/c1-26(27,28)16-33-25-30-22-15-31(11-9-23(22)35-25)10-8-17-2-4-18(5-3-17)12-20(32)13-21-14-29-24(34-21)19-6-7-19/h14,17-19H,2-13,15-16H2,1H3. The molecule has 0 aromatic carbocycles. The molecule has 0 unspecified atom stereocenters. The molecule has 5 nitrogen and oxygen atoms in total. The zero-order valence-corrected chi connectivity index (χ0v) is 22.1. The van der Waals surface area contributed by atoms with Crippen LogP contribution in [0.2, 0.25) is 0 Å². The summed E-state index contributed by atoms with van der Waals surface area (Å²) in [6.45, 7) is 3.05. The predicted molar refractivity (Wildman–Crippen MR) is 135 cm³/mol. The lowest BCUT2D eigenvalue weighted by Gasteiger charge is -2.31. The van der Waals surface area contributed by atoms with Crippen molar-refractivity contribution in [3.63, 3.8) is 0 Å². The number of rotatable bonds is 11. The van der Waals surface area contributed by atoms with Crippen LogP contribution in [-0.4, -0.2) is 46.3 Å². The third-order valence-corrected chi connectivity index (χ3v) is 9.67. The van der Waals surface area contributed by atoms with Gasteiger partial charge in [-0.05, 0) is 56.9 Å². The van der Waals surface area contributed by atoms with Crippen molar-refractivity contribution in [3.05, 3.63) is 26.7 Å². The lowest BCUT2D eigenvalue weighted by Crippen LogP contribution is -2.32. The fourth-order valence-electron chi connectivity index (χ4n) is 5.27. The summed E-state index contributed by atoms with van der Waals surface area (Å²) in [7, 11) is 0. The number of ketones is 1. The molecule has 3 heterocycles. The van der Waals surface area contributed by atoms with Gasteiger partial charge < -0.3 is 4.74 Å². The second-order valence-corrected chi connectivity index (χ2v) is 13.0. The van der Waals surface area contributed by atoms with Crippen LogP contribution >= 0.6 is 22.7 Å². The Balaban J connectivity index is 0.994. The van der Waals surface area contributed by atoms with Gasteiger partial charge in [0.25, 0.3) is 11.1 Å². The van der Waals surface area contributed by atoms with Crippen molar-refractivity contribution in [1.82, 2.24) is 14.9 Å². The topological polar surface area (TPSA) is 55.3 Å². The van der Waals surface area contributed by atoms with Crippen LogP contribution in [0.3, 0.4) is 0 Å². The summed E-state index contributed by atoms with van der Waals surface area (Å²) in [4.78, 5) is 26.3. The first kappa shape index (κ1) is 25.2. The number of nitrogens with zero attached hydrogens (tertiary/aromatic N) is 3. The molecule has 192 valence electrons. The number of ether oxygens (including phenoxy) is 1. The molecule has 2 fully saturated rings. The Bertz CT molecular complexity index is 1010. The van der Waals surface area contributed by atoms with Crippen LogP contribution < -0.4 is 4.74 Å². The number of alkyl halides is 2. The number of hydrogen-bond donors (Lipinski definition) is 0. The van der Waals surface area contributed by atoms with Crippen LogP contribution in [0.4, 0.5) is 8.78 Å². The molecule has 1 aliphatic heterocycles. The van der Waals surface area contributed by atoms with Crippen molar-refractivity contribution < 1.29 is 18.3 Å². The maximum Gasteiger partial charge on any atom is 0.278 e. The van der Waals surface area contributed by atoms with Gasteiger partial charge in [0, 0.05) is 54.7 Å². The van der Waals surface area contributed by atoms with Gasteiger partial charge in [0.05, 0.1) is 10.7 Å². The molecule has 0 atom stereocenters. The zero-order valence-electron chi connectivity index (χ0n) is 20.4. The Labute approximate surface area is 214 Å². The lowest BCUT2D eigenvalue weighted by atomic mass is 9.78. The molecule has 0 radical (unpaired) electrons. The summed E-state index contributed by atoms with van der Waals surface area (Å²) in [5.41, 5.74) is 0.989. The van der Waals surface area contributed by atoms with E-state index in [1.807, 2.05) is 6.20 Å². The fourth-order valence-corrected chi connectivity index (χ4v) is 7.29. The molecular weight excluding hydrogens is 488 g/mol. The molecule has 35 heavy (non-hydrogen) atoms. The molecule has 0 N–H and O–H groups in total. The van der Waals surface area contributed by atoms with Gasteiger partial charge in [-0.25, -0.2) is 18.7 Å². The van der Waals surface area contributed by atoms with E-state index in [2.05, 4.69) is 14.9 Å². The van der Waals surface area contributed by atoms with Crippen molar-refractivity contribution in [1.29, 1.82) is 0 Å². The van der Waals surface area contributed by atoms with E-state index in [9.17, 15) is 13.6 Å². The van der Waals surface area contributed by atoms with Crippen molar-refractivity contribution in [2.45, 2.75) is 89.5 Å². The SMILES string of the molecule is CC(F)(F)COc1nc2c(s1)CCN(CCC1CCC(CC(=O)Cc3cnc(C4CC4)s3)CC1)C2. The minimum Gasteiger partial charge on any atom is -0.464 e. The highest BCUT2D eigenvalue weighted by atomic mass is 32.1. The summed E-state index contributed by atoms with van der Waals surface area (Å²) in [6.07, 6.45) is 12.5. The van der Waals surface area contributed by atoms with Crippen LogP contribution in [0.25, 0.3) is 0 Å². The summed E-state index contributed by atoms with van der Waals surface area (Å²) in [6, 6.07) is 0. The number of aromatic nitrogens is 2. The molecule has 0 spiro atoms. The van der Waals surface area contributed by atoms with E-state index in [0.717, 1.165) is 68.7 Å². The van der Waals surface area contributed by atoms with Crippen molar-refractivity contribution in [2.24, 2.45) is 11.8 Å². The predicted octanol–water partition coefficient (Wildman–Crippen LogP) is 6.27. The Morgan fingerprint density at radius 1 is 1.17 bits per heavy atom. The Morgan fingerprint density at radius 3 is 2.69 bits per heavy atom. The van der Waals surface area contributed by atoms with Gasteiger partial charge in [0.1, 0.15) is 5.78 Å². The van der Waals surface area contributed by atoms with E-state index in [1.165, 1.54) is 53.3 Å². The van der Waals surface area contributed by atoms with Crippen LogP contribution in [0.15, 0.2) is 6.20 Å². The molecule has 2 aromatic heterocycles. The number of hydrogen-bond acceptors (Lipinski definition) is 7. The summed E-state index contributed by atoms with van der Waals surface area (Å²) in [5.74, 6) is -0.535. The molecule has 2 aromatic rings. The summed E-state index contributed by atoms with van der Waals surface area (Å²) >= 11 is 3.15. The van der Waals surface area contributed by atoms with E-state index >= 15 is 0 Å². The first-order valence-corrected chi connectivity index (χ1v) is 14.6. The highest BCUT2D eigenvalue weighted by molar-refractivity contribution is 7.13. The maximum atomic E-state index is 13.1. The summed E-state index contributed by atoms with van der Waals surface area (Å²) < 4.78 is 31.3. The number of thiazole rings is 2. The van der Waals surface area contributed by atoms with Crippen LogP contribution in [0, 0.1) is 11.8 Å². The molecule has 9 heteroatoms. The van der Waals surface area contributed by atoms with Crippen molar-refractivity contribution >= 4 is 28.5 Å². The molecule has 5 rings (SSSR count). The summed E-state index contributed by atoms with van der Waals surface area (Å²) in [5, 5.41) is 1.59. The quantitative estimate of drug-likeness (QED) is 0.348. The largest absolute Gasteiger partial charge is 0.464 e. The van der Waals surface area contributed by atoms with Crippen LogP contribution in [0.1, 0.15) is 84.7 Å². The zero-order chi connectivity index (χ0) is 24.4. The van der Waals surface area contributed by atoms with Crippen LogP contribution in [0.5, 0.6) is 5.19 Å². The Morgan fingerprint density at radius 2 is 1.94 bits per heavy atom. The minimum atomic E-state index is -2.84. The molecule has 0 amide bonds. The second-order valence-electron chi connectivity index (χ2n) is 10.8. The first-order valence-electron chi connectivity index (χ1n) is 13.0. The molecule has 0 bridgehead atoms. The van der Waals surface area contributed by atoms with E-state index in [1.54, 1.807) is 11.3 Å². The van der Waals surface area contributed by atoms with Crippen molar-refractivity contribution in [2.75, 3.05) is 19.7 Å². The normalized spacial score (nSPS) is 23.3. The number of halogens is 2. The smallest absolute Gasteiger partial charge is 0.278 e. The van der Waals surface area contributed by atoms with Crippen LogP contribution in [-0.2, 0) is 24.2 Å². The molecule has 3 aliphatic rings. The van der Waals surface area contributed by atoms with Gasteiger partial charge in [0.2, 0.25) is 0 Å². The number of carbonyl (C=O) groups excluding carboxylic acids is 1. The Kier molecular flexibility index (Phi) is 7.84. The Hall–Kier alpha value is -1.45.